The van der Waals surface area contributed by atoms with E-state index < -0.39 is 0 Å². The average Bonchev–Trinajstić information content (AvgIpc) is 3.38. The Labute approximate surface area is 164 Å². The van der Waals surface area contributed by atoms with E-state index in [0.717, 1.165) is 36.6 Å². The van der Waals surface area contributed by atoms with Crippen LogP contribution in [0.4, 0.5) is 5.69 Å². The fourth-order valence-corrected chi connectivity index (χ4v) is 3.51. The van der Waals surface area contributed by atoms with Crippen molar-refractivity contribution in [2.75, 3.05) is 18.5 Å². The number of ether oxygens (including phenoxy) is 1. The summed E-state index contributed by atoms with van der Waals surface area (Å²) in [5.74, 6) is 0.709. The summed E-state index contributed by atoms with van der Waals surface area (Å²) in [6.07, 6.45) is 1.41. The van der Waals surface area contributed by atoms with Crippen LogP contribution in [0.15, 0.2) is 46.1 Å². The topological polar surface area (TPSA) is 74.8 Å². The molecule has 1 fully saturated rings. The molecule has 1 atom stereocenters. The molecule has 1 aliphatic rings. The first kappa shape index (κ1) is 19.4. The molecule has 1 amide bonds. The van der Waals surface area contributed by atoms with Crippen LogP contribution < -0.4 is 16.0 Å². The van der Waals surface area contributed by atoms with Crippen molar-refractivity contribution >= 4 is 28.9 Å². The van der Waals surface area contributed by atoms with Crippen LogP contribution in [-0.2, 0) is 22.6 Å². The highest BCUT2D eigenvalue weighted by molar-refractivity contribution is 7.07. The Bertz CT molecular complexity index is 755. The second-order valence-corrected chi connectivity index (χ2v) is 7.15. The smallest absolute Gasteiger partial charge is 0.253 e. The molecule has 2 aromatic rings. The van der Waals surface area contributed by atoms with E-state index >= 15 is 0 Å². The Hall–Kier alpha value is -2.38. The molecular weight excluding hydrogens is 360 g/mol. The van der Waals surface area contributed by atoms with Gasteiger partial charge in [-0.25, -0.2) is 4.99 Å². The number of thiophene rings is 1. The molecule has 0 aliphatic carbocycles. The number of amides is 1. The number of aliphatic imine (C=N–C) groups is 1. The first-order valence-electron chi connectivity index (χ1n) is 9.29. The van der Waals surface area contributed by atoms with Gasteiger partial charge in [-0.05, 0) is 59.9 Å². The largest absolute Gasteiger partial charge is 0.368 e. The molecule has 27 heavy (non-hydrogen) atoms. The molecule has 0 radical (unpaired) electrons. The molecule has 3 N–H and O–H groups in total. The second-order valence-electron chi connectivity index (χ2n) is 6.37. The number of nitrogens with one attached hydrogen (secondary N) is 3. The van der Waals surface area contributed by atoms with Gasteiger partial charge in [-0.1, -0.05) is 12.1 Å². The van der Waals surface area contributed by atoms with Gasteiger partial charge in [-0.15, -0.1) is 0 Å². The van der Waals surface area contributed by atoms with Crippen LogP contribution in [0.1, 0.15) is 30.9 Å². The van der Waals surface area contributed by atoms with Crippen LogP contribution in [0.2, 0.25) is 0 Å². The zero-order chi connectivity index (χ0) is 18.9. The SMILES string of the molecule is CCNC(=NCc1ccsc1)NCc1cccc(NC(=O)C2CCCO2)c1. The molecule has 1 aromatic carbocycles. The summed E-state index contributed by atoms with van der Waals surface area (Å²) in [4.78, 5) is 16.8. The van der Waals surface area contributed by atoms with E-state index in [-0.39, 0.29) is 12.0 Å². The van der Waals surface area contributed by atoms with Crippen molar-refractivity contribution in [1.82, 2.24) is 10.6 Å². The lowest BCUT2D eigenvalue weighted by molar-refractivity contribution is -0.124. The molecular formula is C20H26N4O2S. The molecule has 1 unspecified atom stereocenters. The molecule has 3 rings (SSSR count). The van der Waals surface area contributed by atoms with Crippen molar-refractivity contribution in [2.24, 2.45) is 4.99 Å². The Morgan fingerprint density at radius 3 is 2.96 bits per heavy atom. The van der Waals surface area contributed by atoms with Crippen LogP contribution in [0, 0.1) is 0 Å². The van der Waals surface area contributed by atoms with Crippen molar-refractivity contribution in [3.05, 3.63) is 52.2 Å². The number of nitrogens with zero attached hydrogens (tertiary/aromatic N) is 1. The maximum absolute atomic E-state index is 12.2. The van der Waals surface area contributed by atoms with Gasteiger partial charge in [0.05, 0.1) is 6.54 Å². The second kappa shape index (κ2) is 10.1. The number of carbonyl (C=O) groups is 1. The summed E-state index contributed by atoms with van der Waals surface area (Å²) in [7, 11) is 0. The van der Waals surface area contributed by atoms with Crippen molar-refractivity contribution in [3.63, 3.8) is 0 Å². The number of hydrogen-bond donors (Lipinski definition) is 3. The number of hydrogen-bond acceptors (Lipinski definition) is 4. The molecule has 7 heteroatoms. The molecule has 144 valence electrons. The van der Waals surface area contributed by atoms with Gasteiger partial charge in [0, 0.05) is 25.4 Å². The molecule has 1 aromatic heterocycles. The van der Waals surface area contributed by atoms with Gasteiger partial charge in [0.1, 0.15) is 6.10 Å². The van der Waals surface area contributed by atoms with Crippen LogP contribution >= 0.6 is 11.3 Å². The highest BCUT2D eigenvalue weighted by Gasteiger charge is 2.23. The number of guanidine groups is 1. The zero-order valence-corrected chi connectivity index (χ0v) is 16.3. The maximum atomic E-state index is 12.2. The van der Waals surface area contributed by atoms with E-state index in [0.29, 0.717) is 19.7 Å². The minimum absolute atomic E-state index is 0.0664. The monoisotopic (exact) mass is 386 g/mol. The van der Waals surface area contributed by atoms with E-state index in [4.69, 9.17) is 4.74 Å². The van der Waals surface area contributed by atoms with Crippen molar-refractivity contribution in [2.45, 2.75) is 39.0 Å². The van der Waals surface area contributed by atoms with E-state index in [1.165, 1.54) is 5.56 Å². The zero-order valence-electron chi connectivity index (χ0n) is 15.5. The molecule has 1 saturated heterocycles. The fraction of sp³-hybridized carbons (Fsp3) is 0.400. The Morgan fingerprint density at radius 2 is 2.22 bits per heavy atom. The van der Waals surface area contributed by atoms with Crippen LogP contribution in [0.25, 0.3) is 0 Å². The minimum atomic E-state index is -0.323. The number of carbonyl (C=O) groups excluding carboxylic acids is 1. The summed E-state index contributed by atoms with van der Waals surface area (Å²) in [6.45, 7) is 4.78. The van der Waals surface area contributed by atoms with Gasteiger partial charge in [-0.3, -0.25) is 4.79 Å². The lowest BCUT2D eigenvalue weighted by Gasteiger charge is -2.13. The van der Waals surface area contributed by atoms with Gasteiger partial charge >= 0.3 is 0 Å². The summed E-state index contributed by atoms with van der Waals surface area (Å²) in [6, 6.07) is 9.92. The summed E-state index contributed by atoms with van der Waals surface area (Å²) < 4.78 is 5.43. The van der Waals surface area contributed by atoms with E-state index in [9.17, 15) is 4.79 Å². The van der Waals surface area contributed by atoms with Gasteiger partial charge in [0.15, 0.2) is 5.96 Å². The van der Waals surface area contributed by atoms with Gasteiger partial charge in [0.25, 0.3) is 5.91 Å². The van der Waals surface area contributed by atoms with E-state index in [1.807, 2.05) is 31.2 Å². The lowest BCUT2D eigenvalue weighted by atomic mass is 10.2. The summed E-state index contributed by atoms with van der Waals surface area (Å²) >= 11 is 1.68. The highest BCUT2D eigenvalue weighted by atomic mass is 32.1. The average molecular weight is 387 g/mol. The van der Waals surface area contributed by atoms with Gasteiger partial charge < -0.3 is 20.7 Å². The molecule has 0 spiro atoms. The van der Waals surface area contributed by atoms with Crippen molar-refractivity contribution in [1.29, 1.82) is 0 Å². The summed E-state index contributed by atoms with van der Waals surface area (Å²) in [5, 5.41) is 13.7. The van der Waals surface area contributed by atoms with Crippen molar-refractivity contribution < 1.29 is 9.53 Å². The van der Waals surface area contributed by atoms with E-state index in [1.54, 1.807) is 11.3 Å². The number of rotatable bonds is 7. The van der Waals surface area contributed by atoms with E-state index in [2.05, 4.69) is 37.8 Å². The van der Waals surface area contributed by atoms with Crippen LogP contribution in [0.5, 0.6) is 0 Å². The van der Waals surface area contributed by atoms with Crippen LogP contribution in [-0.4, -0.2) is 31.1 Å². The molecule has 6 nitrogen and oxygen atoms in total. The Kier molecular flexibility index (Phi) is 7.24. The summed E-state index contributed by atoms with van der Waals surface area (Å²) in [5.41, 5.74) is 3.06. The van der Waals surface area contributed by atoms with Crippen LogP contribution in [0.3, 0.4) is 0 Å². The number of benzene rings is 1. The lowest BCUT2D eigenvalue weighted by Crippen LogP contribution is -2.36. The molecule has 0 saturated carbocycles. The standard InChI is InChI=1S/C20H26N4O2S/c1-2-21-20(23-13-16-8-10-27-14-16)22-12-15-5-3-6-17(11-15)24-19(25)18-7-4-9-26-18/h3,5-6,8,10-11,14,18H,2,4,7,9,12-13H2,1H3,(H,24,25)(H2,21,22,23). The third-order valence-electron chi connectivity index (χ3n) is 4.22. The molecule has 2 heterocycles. The highest BCUT2D eigenvalue weighted by Crippen LogP contribution is 2.16. The predicted octanol–water partition coefficient (Wildman–Crippen LogP) is 3.12. The molecule has 1 aliphatic heterocycles. The fourth-order valence-electron chi connectivity index (χ4n) is 2.85. The third-order valence-corrected chi connectivity index (χ3v) is 4.95. The quantitative estimate of drug-likeness (QED) is 0.505. The van der Waals surface area contributed by atoms with Gasteiger partial charge in [0.2, 0.25) is 0 Å². The Balaban J connectivity index is 1.55. The normalized spacial score (nSPS) is 16.9. The molecule has 0 bridgehead atoms. The maximum Gasteiger partial charge on any atom is 0.253 e. The Morgan fingerprint density at radius 1 is 1.30 bits per heavy atom. The third kappa shape index (κ3) is 6.08. The number of anilines is 1. The minimum Gasteiger partial charge on any atom is -0.368 e. The van der Waals surface area contributed by atoms with Gasteiger partial charge in [-0.2, -0.15) is 11.3 Å². The van der Waals surface area contributed by atoms with Crippen molar-refractivity contribution in [3.8, 4) is 0 Å². The first-order valence-corrected chi connectivity index (χ1v) is 10.2. The first-order chi connectivity index (χ1) is 13.2. The predicted molar refractivity (Wildman–Crippen MR) is 110 cm³/mol.